The van der Waals surface area contributed by atoms with Crippen LogP contribution in [0.5, 0.6) is 5.75 Å². The summed E-state index contributed by atoms with van der Waals surface area (Å²) in [7, 11) is -2.71. The maximum Gasteiger partial charge on any atom is 0.295 e. The molecular formula is C17H22O4S. The van der Waals surface area contributed by atoms with E-state index in [9.17, 15) is 13.0 Å². The molecule has 0 saturated carbocycles. The van der Waals surface area contributed by atoms with Crippen LogP contribution < -0.4 is 4.74 Å². The van der Waals surface area contributed by atoms with Gasteiger partial charge in [-0.3, -0.25) is 4.55 Å². The van der Waals surface area contributed by atoms with E-state index in [0.717, 1.165) is 29.5 Å². The van der Waals surface area contributed by atoms with E-state index in [2.05, 4.69) is 0 Å². The zero-order chi connectivity index (χ0) is 16.5. The van der Waals surface area contributed by atoms with E-state index < -0.39 is 10.1 Å². The van der Waals surface area contributed by atoms with Crippen LogP contribution in [0.25, 0.3) is 11.1 Å². The Morgan fingerprint density at radius 2 is 1.91 bits per heavy atom. The Hall–Kier alpha value is -1.59. The van der Waals surface area contributed by atoms with Gasteiger partial charge in [0.2, 0.25) is 0 Å². The summed E-state index contributed by atoms with van der Waals surface area (Å²) in [6.07, 6.45) is 1.60. The fraction of sp³-hybridized carbons (Fsp3) is 0.412. The summed E-state index contributed by atoms with van der Waals surface area (Å²) < 4.78 is 38.6. The first kappa shape index (κ1) is 16.8. The number of aryl methyl sites for hydroxylation is 1. The van der Waals surface area contributed by atoms with E-state index in [0.29, 0.717) is 11.3 Å². The number of fused-ring (bicyclic) bond motifs is 1. The van der Waals surface area contributed by atoms with Crippen molar-refractivity contribution in [1.82, 2.24) is 0 Å². The Bertz CT molecular complexity index is 748. The average molecular weight is 322 g/mol. The number of methoxy groups -OCH3 is 1. The van der Waals surface area contributed by atoms with Crippen LogP contribution in [-0.2, 0) is 16.5 Å². The molecule has 0 aliphatic heterocycles. The molecule has 5 heteroatoms. The predicted molar refractivity (Wildman–Crippen MR) is 87.5 cm³/mol. The van der Waals surface area contributed by atoms with Gasteiger partial charge in [0, 0.05) is 11.1 Å². The first-order valence-corrected chi connectivity index (χ1v) is 8.84. The van der Waals surface area contributed by atoms with Gasteiger partial charge >= 0.3 is 0 Å². The Labute approximate surface area is 132 Å². The third-order valence-electron chi connectivity index (χ3n) is 3.83. The standard InChI is InChI=1S/C17H22O4S/c1-5-6-13-10-16(22(18,19)20)14-9-12(11(2)3)7-8-15(21-4)17(13)14/h7-11H,5-6H2,1-4H3,(H,18,19,20). The Balaban J connectivity index is 2.88. The van der Waals surface area contributed by atoms with Gasteiger partial charge in [0.15, 0.2) is 0 Å². The summed E-state index contributed by atoms with van der Waals surface area (Å²) >= 11 is 0. The van der Waals surface area contributed by atoms with E-state index in [1.807, 2.05) is 39.0 Å². The first-order valence-electron chi connectivity index (χ1n) is 7.40. The summed E-state index contributed by atoms with van der Waals surface area (Å²) in [6.45, 7) is 6.11. The minimum atomic E-state index is -4.28. The second kappa shape index (κ2) is 6.26. The van der Waals surface area contributed by atoms with Gasteiger partial charge in [-0.1, -0.05) is 33.3 Å². The molecule has 0 fully saturated rings. The largest absolute Gasteiger partial charge is 0.496 e. The molecule has 22 heavy (non-hydrogen) atoms. The molecule has 0 bridgehead atoms. The van der Waals surface area contributed by atoms with Crippen LogP contribution in [0.15, 0.2) is 29.2 Å². The summed E-state index contributed by atoms with van der Waals surface area (Å²) in [4.78, 5) is -0.0395. The van der Waals surface area contributed by atoms with Gasteiger partial charge < -0.3 is 4.74 Å². The smallest absolute Gasteiger partial charge is 0.295 e. The fourth-order valence-electron chi connectivity index (χ4n) is 2.72. The van der Waals surface area contributed by atoms with Crippen LogP contribution in [0.4, 0.5) is 0 Å². The summed E-state index contributed by atoms with van der Waals surface area (Å²) in [6, 6.07) is 7.21. The van der Waals surface area contributed by atoms with Crippen LogP contribution in [0.1, 0.15) is 44.2 Å². The van der Waals surface area contributed by atoms with E-state index >= 15 is 0 Å². The normalized spacial score (nSPS) is 12.1. The lowest BCUT2D eigenvalue weighted by molar-refractivity contribution is 0.416. The molecule has 1 N–H and O–H groups in total. The highest BCUT2D eigenvalue weighted by Crippen LogP contribution is 2.42. The van der Waals surface area contributed by atoms with E-state index in [1.54, 1.807) is 13.2 Å². The van der Waals surface area contributed by atoms with Gasteiger partial charge in [-0.2, -0.15) is 8.42 Å². The number of ether oxygens (including phenoxy) is 1. The Kier molecular flexibility index (Phi) is 4.78. The van der Waals surface area contributed by atoms with E-state index in [1.165, 1.54) is 0 Å². The van der Waals surface area contributed by atoms with Gasteiger partial charge in [0.1, 0.15) is 10.6 Å². The number of hydrogen-bond donors (Lipinski definition) is 1. The first-order chi connectivity index (χ1) is 10.3. The lowest BCUT2D eigenvalue weighted by Crippen LogP contribution is -1.97. The van der Waals surface area contributed by atoms with Crippen molar-refractivity contribution in [3.63, 3.8) is 0 Å². The third-order valence-corrected chi connectivity index (χ3v) is 4.72. The van der Waals surface area contributed by atoms with Crippen LogP contribution in [0.3, 0.4) is 0 Å². The number of hydrogen-bond acceptors (Lipinski definition) is 3. The highest BCUT2D eigenvalue weighted by Gasteiger charge is 2.26. The summed E-state index contributed by atoms with van der Waals surface area (Å²) in [5.74, 6) is 0.860. The lowest BCUT2D eigenvalue weighted by Gasteiger charge is -2.07. The molecule has 0 heterocycles. The quantitative estimate of drug-likeness (QED) is 0.841. The average Bonchev–Trinajstić information content (AvgIpc) is 2.67. The molecule has 2 aliphatic carbocycles. The van der Waals surface area contributed by atoms with E-state index in [-0.39, 0.29) is 10.8 Å². The molecular weight excluding hydrogens is 300 g/mol. The molecule has 0 radical (unpaired) electrons. The van der Waals surface area contributed by atoms with Crippen molar-refractivity contribution in [1.29, 1.82) is 0 Å². The minimum Gasteiger partial charge on any atom is -0.496 e. The van der Waals surface area contributed by atoms with Crippen molar-refractivity contribution in [2.45, 2.75) is 44.4 Å². The monoisotopic (exact) mass is 322 g/mol. The minimum absolute atomic E-state index is 0.0395. The molecule has 0 aromatic heterocycles. The maximum absolute atomic E-state index is 11.8. The van der Waals surface area contributed by atoms with Gasteiger partial charge in [-0.05, 0) is 41.7 Å². The van der Waals surface area contributed by atoms with Crippen LogP contribution in [0.2, 0.25) is 0 Å². The third kappa shape index (κ3) is 3.10. The zero-order valence-corrected chi connectivity index (χ0v) is 14.2. The zero-order valence-electron chi connectivity index (χ0n) is 13.4. The fourth-order valence-corrected chi connectivity index (χ4v) is 3.45. The molecule has 0 unspecified atom stereocenters. The molecule has 2 aliphatic rings. The predicted octanol–water partition coefficient (Wildman–Crippen LogP) is 4.12. The van der Waals surface area contributed by atoms with E-state index in [4.69, 9.17) is 4.74 Å². The molecule has 2 rings (SSSR count). The molecule has 120 valence electrons. The van der Waals surface area contributed by atoms with Crippen molar-refractivity contribution in [3.05, 3.63) is 35.4 Å². The summed E-state index contributed by atoms with van der Waals surface area (Å²) in [5, 5.41) is 0. The molecule has 0 aromatic rings. The summed E-state index contributed by atoms with van der Waals surface area (Å²) in [5.41, 5.74) is 3.17. The van der Waals surface area contributed by atoms with Crippen molar-refractivity contribution in [2.24, 2.45) is 0 Å². The van der Waals surface area contributed by atoms with Crippen molar-refractivity contribution in [2.75, 3.05) is 7.11 Å². The van der Waals surface area contributed by atoms with Crippen LogP contribution >= 0.6 is 0 Å². The van der Waals surface area contributed by atoms with Gasteiger partial charge in [0.25, 0.3) is 10.1 Å². The Morgan fingerprint density at radius 3 is 2.41 bits per heavy atom. The highest BCUT2D eigenvalue weighted by atomic mass is 32.2. The molecule has 0 aromatic carbocycles. The van der Waals surface area contributed by atoms with Crippen LogP contribution in [0, 0.1) is 0 Å². The molecule has 0 saturated heterocycles. The SMILES string of the molecule is CCCc1cc(S(=O)(=O)O)c2cc(C(C)C)ccc(OC)c1-2. The second-order valence-corrected chi connectivity index (χ2v) is 7.14. The molecule has 4 nitrogen and oxygen atoms in total. The lowest BCUT2D eigenvalue weighted by atomic mass is 10.0. The number of rotatable bonds is 5. The highest BCUT2D eigenvalue weighted by molar-refractivity contribution is 7.86. The van der Waals surface area contributed by atoms with Gasteiger partial charge in [0.05, 0.1) is 7.11 Å². The van der Waals surface area contributed by atoms with Gasteiger partial charge in [-0.15, -0.1) is 0 Å². The molecule has 0 spiro atoms. The van der Waals surface area contributed by atoms with Crippen molar-refractivity contribution >= 4 is 10.1 Å². The van der Waals surface area contributed by atoms with Gasteiger partial charge in [-0.25, -0.2) is 0 Å². The Morgan fingerprint density at radius 1 is 1.23 bits per heavy atom. The molecule has 0 amide bonds. The topological polar surface area (TPSA) is 63.6 Å². The molecule has 0 atom stereocenters. The van der Waals surface area contributed by atoms with Crippen molar-refractivity contribution < 1.29 is 17.7 Å². The maximum atomic E-state index is 11.8. The second-order valence-electron chi connectivity index (χ2n) is 5.75. The van der Waals surface area contributed by atoms with Crippen molar-refractivity contribution in [3.8, 4) is 16.9 Å². The van der Waals surface area contributed by atoms with Crippen LogP contribution in [-0.4, -0.2) is 20.1 Å².